The van der Waals surface area contributed by atoms with Crippen LogP contribution in [0.15, 0.2) is 0 Å². The van der Waals surface area contributed by atoms with Gasteiger partial charge in [0, 0.05) is 0 Å². The summed E-state index contributed by atoms with van der Waals surface area (Å²) in [6.07, 6.45) is 7.31. The van der Waals surface area contributed by atoms with Gasteiger partial charge in [0.05, 0.1) is 0 Å². The summed E-state index contributed by atoms with van der Waals surface area (Å²) in [6, 6.07) is 0. The molecule has 0 saturated carbocycles. The molecule has 0 atom stereocenters. The molecule has 0 aromatic carbocycles. The topological polar surface area (TPSA) is 0 Å². The molecule has 0 nitrogen and oxygen atoms in total. The standard InChI is InChI=1S/2C5H11.Ti/c2*1-3-5-4-2;/h2*1,3-5H2,2H3;/q2*-1;+2. The molecule has 0 aliphatic rings. The first kappa shape index (κ1) is 17.7. The minimum atomic E-state index is 0. The molecule has 0 aromatic heterocycles. The Morgan fingerprint density at radius 1 is 0.818 bits per heavy atom. The molecule has 0 aliphatic carbocycles. The molecule has 0 fully saturated rings. The van der Waals surface area contributed by atoms with Crippen molar-refractivity contribution >= 4 is 0 Å². The van der Waals surface area contributed by atoms with Crippen LogP contribution in [0.3, 0.4) is 0 Å². The summed E-state index contributed by atoms with van der Waals surface area (Å²) < 4.78 is 0. The van der Waals surface area contributed by atoms with Gasteiger partial charge in [-0.1, -0.05) is 39.5 Å². The Morgan fingerprint density at radius 2 is 1.09 bits per heavy atom. The molecule has 0 aliphatic heterocycles. The van der Waals surface area contributed by atoms with E-state index in [-0.39, 0.29) is 21.7 Å². The monoisotopic (exact) mass is 190 g/mol. The van der Waals surface area contributed by atoms with Crippen molar-refractivity contribution in [3.8, 4) is 0 Å². The number of hydrogen-bond acceptors (Lipinski definition) is 0. The van der Waals surface area contributed by atoms with Crippen molar-refractivity contribution in [2.24, 2.45) is 0 Å². The van der Waals surface area contributed by atoms with Gasteiger partial charge in [0.2, 0.25) is 0 Å². The molecule has 11 heavy (non-hydrogen) atoms. The summed E-state index contributed by atoms with van der Waals surface area (Å²) in [5.41, 5.74) is 0. The van der Waals surface area contributed by atoms with Crippen molar-refractivity contribution in [1.29, 1.82) is 0 Å². The van der Waals surface area contributed by atoms with Gasteiger partial charge in [0.25, 0.3) is 0 Å². The minimum Gasteiger partial charge on any atom is -0.343 e. The fourth-order valence-corrected chi connectivity index (χ4v) is 0.500. The first-order valence-corrected chi connectivity index (χ1v) is 4.41. The third kappa shape index (κ3) is 36.6. The second-order valence-electron chi connectivity index (χ2n) is 2.41. The molecule has 0 heterocycles. The zero-order valence-electron chi connectivity index (χ0n) is 8.16. The molecule has 1 heteroatoms. The third-order valence-electron chi connectivity index (χ3n) is 1.21. The molecule has 0 rings (SSSR count). The molecule has 0 N–H and O–H groups in total. The van der Waals surface area contributed by atoms with Gasteiger partial charge in [-0.15, -0.1) is 0 Å². The average Bonchev–Trinajstić information content (AvgIpc) is 1.93. The SMILES string of the molecule is [CH2-]CCCC.[CH2-]CCCC.[Ti+2]. The van der Waals surface area contributed by atoms with Crippen LogP contribution in [-0.2, 0) is 21.7 Å². The molecular weight excluding hydrogens is 168 g/mol. The molecule has 0 amide bonds. The van der Waals surface area contributed by atoms with E-state index in [1.807, 2.05) is 0 Å². The van der Waals surface area contributed by atoms with Crippen LogP contribution in [0, 0.1) is 13.8 Å². The molecular formula is C10H22Ti. The first-order valence-electron chi connectivity index (χ1n) is 4.41. The molecule has 0 aromatic rings. The summed E-state index contributed by atoms with van der Waals surface area (Å²) in [5, 5.41) is 0. The predicted molar refractivity (Wildman–Crippen MR) is 49.8 cm³/mol. The van der Waals surface area contributed by atoms with Crippen LogP contribution in [0.5, 0.6) is 0 Å². The van der Waals surface area contributed by atoms with Gasteiger partial charge in [-0.05, 0) is 0 Å². The molecule has 0 radical (unpaired) electrons. The summed E-state index contributed by atoms with van der Waals surface area (Å²) in [7, 11) is 0. The van der Waals surface area contributed by atoms with Gasteiger partial charge in [0.15, 0.2) is 0 Å². The smallest absolute Gasteiger partial charge is 0.343 e. The zero-order valence-corrected chi connectivity index (χ0v) is 9.72. The average molecular weight is 190 g/mol. The predicted octanol–water partition coefficient (Wildman–Crippen LogP) is 4.02. The van der Waals surface area contributed by atoms with Crippen LogP contribution in [0.25, 0.3) is 0 Å². The van der Waals surface area contributed by atoms with Gasteiger partial charge in [-0.3, -0.25) is 0 Å². The van der Waals surface area contributed by atoms with Gasteiger partial charge >= 0.3 is 21.7 Å². The van der Waals surface area contributed by atoms with Gasteiger partial charge < -0.3 is 13.8 Å². The van der Waals surface area contributed by atoms with Crippen molar-refractivity contribution in [2.75, 3.05) is 0 Å². The zero-order chi connectivity index (χ0) is 8.24. The van der Waals surface area contributed by atoms with E-state index in [9.17, 15) is 0 Å². The largest absolute Gasteiger partial charge is 2.00 e. The molecule has 0 saturated heterocycles. The molecule has 0 unspecified atom stereocenters. The summed E-state index contributed by atoms with van der Waals surface area (Å²) >= 11 is 0. The maximum absolute atomic E-state index is 3.68. The van der Waals surface area contributed by atoms with Crippen molar-refractivity contribution in [3.63, 3.8) is 0 Å². The van der Waals surface area contributed by atoms with E-state index in [2.05, 4.69) is 27.7 Å². The normalized spacial score (nSPS) is 7.64. The summed E-state index contributed by atoms with van der Waals surface area (Å²) in [4.78, 5) is 0. The Labute approximate surface area is 88.0 Å². The van der Waals surface area contributed by atoms with Crippen LogP contribution in [-0.4, -0.2) is 0 Å². The van der Waals surface area contributed by atoms with E-state index in [4.69, 9.17) is 0 Å². The van der Waals surface area contributed by atoms with Crippen LogP contribution in [0.1, 0.15) is 52.4 Å². The van der Waals surface area contributed by atoms with E-state index in [0.29, 0.717) is 0 Å². The van der Waals surface area contributed by atoms with E-state index >= 15 is 0 Å². The first-order chi connectivity index (χ1) is 4.83. The fourth-order valence-electron chi connectivity index (χ4n) is 0.500. The van der Waals surface area contributed by atoms with E-state index in [1.54, 1.807) is 0 Å². The second-order valence-corrected chi connectivity index (χ2v) is 2.41. The van der Waals surface area contributed by atoms with Gasteiger partial charge in [-0.2, -0.15) is 12.8 Å². The number of rotatable bonds is 4. The number of hydrogen-bond donors (Lipinski definition) is 0. The maximum Gasteiger partial charge on any atom is 2.00 e. The van der Waals surface area contributed by atoms with E-state index in [1.165, 1.54) is 25.7 Å². The quantitative estimate of drug-likeness (QED) is 0.464. The van der Waals surface area contributed by atoms with E-state index < -0.39 is 0 Å². The second kappa shape index (κ2) is 22.4. The minimum absolute atomic E-state index is 0. The van der Waals surface area contributed by atoms with Crippen LogP contribution in [0.2, 0.25) is 0 Å². The Balaban J connectivity index is -0.000000107. The van der Waals surface area contributed by atoms with Gasteiger partial charge in [0.1, 0.15) is 0 Å². The van der Waals surface area contributed by atoms with Gasteiger partial charge in [-0.25, -0.2) is 0 Å². The maximum atomic E-state index is 3.68. The Morgan fingerprint density at radius 3 is 1.09 bits per heavy atom. The number of unbranched alkanes of at least 4 members (excludes halogenated alkanes) is 4. The Bertz CT molecular complexity index is 25.9. The van der Waals surface area contributed by atoms with Crippen LogP contribution < -0.4 is 0 Å². The van der Waals surface area contributed by atoms with Crippen molar-refractivity contribution < 1.29 is 21.7 Å². The fraction of sp³-hybridized carbons (Fsp3) is 0.800. The Hall–Kier alpha value is 0.714. The van der Waals surface area contributed by atoms with Crippen molar-refractivity contribution in [3.05, 3.63) is 13.8 Å². The van der Waals surface area contributed by atoms with Crippen LogP contribution in [0.4, 0.5) is 0 Å². The molecule has 66 valence electrons. The van der Waals surface area contributed by atoms with Crippen molar-refractivity contribution in [1.82, 2.24) is 0 Å². The summed E-state index contributed by atoms with van der Waals surface area (Å²) in [5.74, 6) is 0. The van der Waals surface area contributed by atoms with Crippen LogP contribution >= 0.6 is 0 Å². The van der Waals surface area contributed by atoms with Crippen molar-refractivity contribution in [2.45, 2.75) is 52.4 Å². The third-order valence-corrected chi connectivity index (χ3v) is 1.21. The Kier molecular flexibility index (Phi) is 36.1. The van der Waals surface area contributed by atoms with E-state index in [0.717, 1.165) is 12.8 Å². The summed E-state index contributed by atoms with van der Waals surface area (Å²) in [6.45, 7) is 11.7. The molecule has 0 spiro atoms. The molecule has 0 bridgehead atoms.